The molecule has 3 atom stereocenters. The van der Waals surface area contributed by atoms with Gasteiger partial charge in [0.15, 0.2) is 0 Å². The summed E-state index contributed by atoms with van der Waals surface area (Å²) in [6.07, 6.45) is 25.3. The Labute approximate surface area is 706 Å². The van der Waals surface area contributed by atoms with E-state index < -0.39 is 0 Å². The molecule has 3 unspecified atom stereocenters. The van der Waals surface area contributed by atoms with E-state index in [0.29, 0.717) is 122 Å². The number of nitrogens with one attached hydrogen (secondary N) is 3. The molecule has 6 aromatic carbocycles. The molecule has 0 spiro atoms. The summed E-state index contributed by atoms with van der Waals surface area (Å²) in [4.78, 5) is 79.8. The van der Waals surface area contributed by atoms with Crippen molar-refractivity contribution in [1.82, 2.24) is 73.0 Å². The van der Waals surface area contributed by atoms with Crippen LogP contribution in [0, 0.1) is 40.9 Å². The molecule has 3 fully saturated rings. The van der Waals surface area contributed by atoms with Crippen molar-refractivity contribution in [2.24, 2.45) is 7.05 Å². The van der Waals surface area contributed by atoms with E-state index in [-0.39, 0.29) is 36.2 Å². The Morgan fingerprint density at radius 3 is 1.39 bits per heavy atom. The maximum absolute atomic E-state index is 13.0. The minimum atomic E-state index is -0.143. The number of carbonyl (C=O) groups excluding carboxylic acids is 3. The van der Waals surface area contributed by atoms with Crippen LogP contribution in [0.1, 0.15) is 126 Å². The van der Waals surface area contributed by atoms with Crippen LogP contribution in [-0.4, -0.2) is 170 Å². The zero-order valence-electron chi connectivity index (χ0n) is 66.7. The molecule has 12 aromatic rings. The summed E-state index contributed by atoms with van der Waals surface area (Å²) >= 11 is 13.1. The Hall–Kier alpha value is -13.6. The third-order valence-corrected chi connectivity index (χ3v) is 23.4. The lowest BCUT2D eigenvalue weighted by atomic mass is 9.92. The van der Waals surface area contributed by atoms with E-state index in [1.54, 1.807) is 79.0 Å². The number of aryl methyl sites for hydroxylation is 3. The van der Waals surface area contributed by atoms with Crippen LogP contribution in [0.25, 0.3) is 34.9 Å². The number of rotatable bonds is 13. The molecule has 0 bridgehead atoms. The minimum Gasteiger partial charge on any atom is -0.337 e. The van der Waals surface area contributed by atoms with Crippen molar-refractivity contribution in [3.05, 3.63) is 337 Å². The second-order valence-electron chi connectivity index (χ2n) is 30.2. The van der Waals surface area contributed by atoms with Crippen LogP contribution in [0.2, 0.25) is 10.0 Å². The van der Waals surface area contributed by atoms with Crippen LogP contribution in [0.3, 0.4) is 0 Å². The van der Waals surface area contributed by atoms with Crippen LogP contribution in [-0.2, 0) is 33.0 Å². The number of hydrogen-bond donors (Lipinski definition) is 3. The van der Waals surface area contributed by atoms with Crippen LogP contribution < -0.4 is 16.0 Å². The maximum Gasteiger partial charge on any atom is 0.321 e. The summed E-state index contributed by atoms with van der Waals surface area (Å²) in [6, 6.07) is 59.9. The highest BCUT2D eigenvalue weighted by Gasteiger charge is 2.38. The lowest BCUT2D eigenvalue weighted by Crippen LogP contribution is -2.51. The van der Waals surface area contributed by atoms with E-state index in [0.717, 1.165) is 99.4 Å². The monoisotopic (exact) mass is 1630 g/mol. The van der Waals surface area contributed by atoms with E-state index in [2.05, 4.69) is 171 Å². The first kappa shape index (κ1) is 80.2. The van der Waals surface area contributed by atoms with Gasteiger partial charge in [0.25, 0.3) is 0 Å². The van der Waals surface area contributed by atoms with E-state index in [1.165, 1.54) is 27.8 Å². The van der Waals surface area contributed by atoms with Gasteiger partial charge in [-0.1, -0.05) is 96.9 Å². The van der Waals surface area contributed by atoms with E-state index in [9.17, 15) is 14.4 Å². The number of halogens is 2. The number of carbonyl (C=O) groups is 3. The summed E-state index contributed by atoms with van der Waals surface area (Å²) in [5, 5.41) is 37.2. The van der Waals surface area contributed by atoms with Gasteiger partial charge >= 0.3 is 18.1 Å². The van der Waals surface area contributed by atoms with Gasteiger partial charge in [0.1, 0.15) is 11.6 Å². The Balaban J connectivity index is 0.000000134. The van der Waals surface area contributed by atoms with Crippen LogP contribution in [0.4, 0.5) is 31.4 Å². The SMILES string of the molecule is CCc1nccn1CC1=Cc2ccccc2C(N2CCN(C(=O)Nc3ccc(C#N)cc3)CC2)c2ncccc21.Cc1nccn1CC1=Cc2ccccc2C(N2CCN(C(=O)Nc3ccc(C#N)cc3)CC2)c2ncc(Cl)cc21.Cn1cncc1CC1=Cc2cccnc2C(N2CCN(C(=O)Nc3ccc(C#N)cc3)CC2)c2ccc(Cl)cc21. The number of allylic oxidation sites excluding steroid dienone is 3. The molecular weight excluding hydrogens is 1540 g/mol. The number of nitrogens with zero attached hydrogens (tertiary/aromatic N) is 18. The average Bonchev–Trinajstić information content (AvgIpc) is 1.61. The molecule has 6 aliphatic rings. The smallest absolute Gasteiger partial charge is 0.321 e. The largest absolute Gasteiger partial charge is 0.337 e. The zero-order chi connectivity index (χ0) is 82.8. The summed E-state index contributed by atoms with van der Waals surface area (Å²) in [7, 11) is 2.01. The van der Waals surface area contributed by atoms with Gasteiger partial charge in [0, 0.05) is 200 Å². The number of amides is 6. The van der Waals surface area contributed by atoms with Crippen molar-refractivity contribution in [2.75, 3.05) is 94.5 Å². The quantitative estimate of drug-likeness (QED) is 0.0968. The normalized spacial score (nSPS) is 16.8. The number of nitriles is 3. The molecule has 120 heavy (non-hydrogen) atoms. The van der Waals surface area contributed by atoms with Gasteiger partial charge in [0.2, 0.25) is 0 Å². The molecule has 3 N–H and O–H groups in total. The molecule has 18 rings (SSSR count). The van der Waals surface area contributed by atoms with Crippen molar-refractivity contribution in [2.45, 2.75) is 57.9 Å². The van der Waals surface area contributed by atoms with Gasteiger partial charge < -0.3 is 44.4 Å². The van der Waals surface area contributed by atoms with Gasteiger partial charge in [-0.15, -0.1) is 0 Å². The van der Waals surface area contributed by atoms with Gasteiger partial charge in [-0.25, -0.2) is 29.3 Å². The second-order valence-corrected chi connectivity index (χ2v) is 31.1. The van der Waals surface area contributed by atoms with Crippen LogP contribution in [0.5, 0.6) is 0 Å². The van der Waals surface area contributed by atoms with Crippen molar-refractivity contribution >= 4 is 93.3 Å². The molecule has 9 heterocycles. The topological polar surface area (TPSA) is 270 Å². The summed E-state index contributed by atoms with van der Waals surface area (Å²) in [6.45, 7) is 13.3. The summed E-state index contributed by atoms with van der Waals surface area (Å²) in [5.41, 5.74) is 21.6. The Morgan fingerprint density at radius 2 is 0.892 bits per heavy atom. The zero-order valence-corrected chi connectivity index (χ0v) is 68.2. The molecule has 600 valence electrons. The molecule has 0 radical (unpaired) electrons. The summed E-state index contributed by atoms with van der Waals surface area (Å²) < 4.78 is 6.39. The van der Waals surface area contributed by atoms with E-state index in [4.69, 9.17) is 53.9 Å². The van der Waals surface area contributed by atoms with Crippen LogP contribution in [0.15, 0.2) is 226 Å². The standard InChI is InChI=1S/C32H31N7O.2C31H28ClN7O/c1-2-29-34-14-15-39(29)22-25-20-24-6-3-4-7-28(24)31(30-27(25)8-5-13-35-30)37-16-18-38(19-17-37)32(40)36-26-11-9-23(21-33)10-12-26;1-37-20-34-19-26(37)16-23-15-22-3-2-10-35-29(22)30(27-9-6-24(32)17-28(23)27)38-11-13-39(14-12-38)31(40)36-25-7-4-21(18-33)5-8-25;1-21-34-10-11-39(21)20-24-16-23-4-2-3-5-27(23)30(29-28(24)17-25(32)19-35-29)37-12-14-38(15-13-37)31(40)36-26-8-6-22(18-33)7-9-26/h3-15,20,31H,2,16-19,22H2,1H3,(H,36,40);2-10,15,17,19-20,30H,11-14,16H2,1H3,(H,36,40);2-11,16-17,19,30H,12-15,20H2,1H3,(H,36,40). The molecule has 3 aliphatic carbocycles. The molecule has 0 saturated carbocycles. The molecular formula is C94H87Cl2N21O3. The lowest BCUT2D eigenvalue weighted by Gasteiger charge is -2.39. The third kappa shape index (κ3) is 17.8. The molecule has 6 amide bonds. The lowest BCUT2D eigenvalue weighted by molar-refractivity contribution is 0.125. The number of pyridine rings is 3. The van der Waals surface area contributed by atoms with E-state index >= 15 is 0 Å². The van der Waals surface area contributed by atoms with E-state index in [1.807, 2.05) is 107 Å². The third-order valence-electron chi connectivity index (χ3n) is 23.0. The van der Waals surface area contributed by atoms with Crippen LogP contribution >= 0.6 is 23.2 Å². The number of imidazole rings is 3. The number of hydrogen-bond acceptors (Lipinski definition) is 15. The second kappa shape index (κ2) is 36.5. The molecule has 6 aromatic heterocycles. The number of anilines is 3. The number of benzene rings is 6. The molecule has 26 heteroatoms. The molecule has 3 aliphatic heterocycles. The van der Waals surface area contributed by atoms with Gasteiger partial charge in [-0.05, 0) is 184 Å². The maximum atomic E-state index is 13.0. The highest BCUT2D eigenvalue weighted by Crippen LogP contribution is 2.45. The number of aromatic nitrogens is 9. The number of fused-ring (bicyclic) bond motifs is 6. The minimum absolute atomic E-state index is 0.0154. The van der Waals surface area contributed by atoms with Crippen molar-refractivity contribution in [1.29, 1.82) is 15.8 Å². The summed E-state index contributed by atoms with van der Waals surface area (Å²) in [5.74, 6) is 2.01. The predicted octanol–water partition coefficient (Wildman–Crippen LogP) is 16.2. The number of urea groups is 3. The Morgan fingerprint density at radius 1 is 0.442 bits per heavy atom. The fraction of sp³-hybridized carbons (Fsp3) is 0.234. The van der Waals surface area contributed by atoms with Crippen molar-refractivity contribution in [3.63, 3.8) is 0 Å². The van der Waals surface area contributed by atoms with Crippen molar-refractivity contribution < 1.29 is 14.4 Å². The predicted molar refractivity (Wildman–Crippen MR) is 467 cm³/mol. The molecule has 24 nitrogen and oxygen atoms in total. The number of piperazine rings is 3. The fourth-order valence-electron chi connectivity index (χ4n) is 16.7. The highest BCUT2D eigenvalue weighted by atomic mass is 35.5. The fourth-order valence-corrected chi connectivity index (χ4v) is 17.1. The first-order chi connectivity index (χ1) is 58.6. The Kier molecular flexibility index (Phi) is 24.4. The average molecular weight is 1630 g/mol. The highest BCUT2D eigenvalue weighted by molar-refractivity contribution is 6.31. The molecule has 3 saturated heterocycles. The van der Waals surface area contributed by atoms with Gasteiger partial charge in [-0.2, -0.15) is 15.8 Å². The first-order valence-corrected chi connectivity index (χ1v) is 40.9. The van der Waals surface area contributed by atoms with Gasteiger partial charge in [0.05, 0.1) is 81.5 Å². The first-order valence-electron chi connectivity index (χ1n) is 40.1. The van der Waals surface area contributed by atoms with Crippen molar-refractivity contribution in [3.8, 4) is 18.2 Å². The van der Waals surface area contributed by atoms with Gasteiger partial charge in [-0.3, -0.25) is 29.7 Å². The Bertz CT molecular complexity index is 5760.